The number of nitrogen functional groups attached to an aromatic ring is 1. The molecule has 0 saturated heterocycles. The Morgan fingerprint density at radius 2 is 1.78 bits per heavy atom. The number of nitrogens with two attached hydrogens (primary N) is 1. The van der Waals surface area contributed by atoms with Crippen molar-refractivity contribution in [3.63, 3.8) is 0 Å². The van der Waals surface area contributed by atoms with Crippen molar-refractivity contribution in [2.45, 2.75) is 13.5 Å². The zero-order valence-corrected chi connectivity index (χ0v) is 18.0. The minimum atomic E-state index is -3.81. The van der Waals surface area contributed by atoms with Gasteiger partial charge in [-0.25, -0.2) is 13.1 Å². The van der Waals surface area contributed by atoms with Crippen molar-refractivity contribution in [2.24, 2.45) is 0 Å². The van der Waals surface area contributed by atoms with E-state index in [4.69, 9.17) is 10.5 Å². The number of hydrogen-bond donors (Lipinski definition) is 3. The summed E-state index contributed by atoms with van der Waals surface area (Å²) in [5.74, 6) is -0.527. The Kier molecular flexibility index (Phi) is 7.47. The molecule has 3 rings (SSSR count). The number of ether oxygens (including phenoxy) is 1. The van der Waals surface area contributed by atoms with Crippen LogP contribution in [0.2, 0.25) is 0 Å². The van der Waals surface area contributed by atoms with Crippen LogP contribution in [0.5, 0.6) is 0 Å². The molecule has 0 aliphatic carbocycles. The van der Waals surface area contributed by atoms with Crippen LogP contribution in [0.15, 0.2) is 60.0 Å². The van der Waals surface area contributed by atoms with Crippen molar-refractivity contribution in [1.82, 2.24) is 19.7 Å². The van der Waals surface area contributed by atoms with E-state index in [1.165, 1.54) is 6.08 Å². The Bertz CT molecular complexity index is 1220. The summed E-state index contributed by atoms with van der Waals surface area (Å²) < 4.78 is 31.2. The van der Waals surface area contributed by atoms with Crippen LogP contribution in [0, 0.1) is 6.92 Å². The number of benzene rings is 2. The van der Waals surface area contributed by atoms with Gasteiger partial charge in [0, 0.05) is 11.1 Å². The number of rotatable bonds is 9. The van der Waals surface area contributed by atoms with Gasteiger partial charge in [0.1, 0.15) is 6.54 Å². The van der Waals surface area contributed by atoms with Crippen LogP contribution >= 0.6 is 0 Å². The number of carbonyl (C=O) groups excluding carboxylic acids is 1. The van der Waals surface area contributed by atoms with E-state index in [2.05, 4.69) is 25.0 Å². The van der Waals surface area contributed by atoms with Crippen molar-refractivity contribution < 1.29 is 17.9 Å². The van der Waals surface area contributed by atoms with Gasteiger partial charge in [-0.3, -0.25) is 4.79 Å². The summed E-state index contributed by atoms with van der Waals surface area (Å²) in [4.78, 5) is 24.1. The first kappa shape index (κ1) is 22.8. The first-order valence-corrected chi connectivity index (χ1v) is 11.1. The van der Waals surface area contributed by atoms with Crippen LogP contribution < -0.4 is 15.8 Å². The average molecular weight is 455 g/mol. The van der Waals surface area contributed by atoms with Crippen molar-refractivity contribution in [3.05, 3.63) is 77.0 Å². The third kappa shape index (κ3) is 7.15. The van der Waals surface area contributed by atoms with Crippen LogP contribution in [0.1, 0.15) is 17.0 Å². The van der Waals surface area contributed by atoms with E-state index >= 15 is 0 Å². The number of hydrogen-bond acceptors (Lipinski definition) is 9. The second-order valence-electron chi connectivity index (χ2n) is 6.61. The first-order chi connectivity index (χ1) is 15.3. The predicted octanol–water partition coefficient (Wildman–Crippen LogP) is 2.14. The van der Waals surface area contributed by atoms with Gasteiger partial charge in [0.15, 0.2) is 12.4 Å². The van der Waals surface area contributed by atoms with Gasteiger partial charge in [-0.15, -0.1) is 0 Å². The SMILES string of the molecule is Cc1ccccc1Nc1nc(N)nc(COC(=O)CNS(=O)(=O)/C=C/c2ccccc2)n1. The Morgan fingerprint density at radius 1 is 1.06 bits per heavy atom. The molecule has 4 N–H and O–H groups in total. The summed E-state index contributed by atoms with van der Waals surface area (Å²) in [6.07, 6.45) is 1.42. The van der Waals surface area contributed by atoms with Crippen LogP contribution in [0.4, 0.5) is 17.6 Å². The van der Waals surface area contributed by atoms with Crippen LogP contribution in [0.25, 0.3) is 6.08 Å². The Hall–Kier alpha value is -3.83. The zero-order chi connectivity index (χ0) is 23.0. The van der Waals surface area contributed by atoms with Gasteiger partial charge in [0.2, 0.25) is 21.9 Å². The molecular weight excluding hydrogens is 432 g/mol. The van der Waals surface area contributed by atoms with E-state index in [-0.39, 0.29) is 24.3 Å². The summed E-state index contributed by atoms with van der Waals surface area (Å²) in [6, 6.07) is 16.4. The highest BCUT2D eigenvalue weighted by molar-refractivity contribution is 7.92. The lowest BCUT2D eigenvalue weighted by molar-refractivity contribution is -0.143. The molecule has 10 nitrogen and oxygen atoms in total. The van der Waals surface area contributed by atoms with Crippen LogP contribution in [0.3, 0.4) is 0 Å². The van der Waals surface area contributed by atoms with Gasteiger partial charge in [-0.2, -0.15) is 15.0 Å². The molecule has 0 spiro atoms. The molecule has 11 heteroatoms. The fourth-order valence-electron chi connectivity index (χ4n) is 2.53. The largest absolute Gasteiger partial charge is 0.456 e. The standard InChI is InChI=1S/C21H22N6O4S/c1-15-7-5-6-10-17(15)24-21-26-18(25-20(22)27-21)14-31-19(28)13-23-32(29,30)12-11-16-8-3-2-4-9-16/h2-12,23H,13-14H2,1H3,(H3,22,24,25,26,27)/b12-11+. The second-order valence-corrected chi connectivity index (χ2v) is 8.26. The van der Waals surface area contributed by atoms with E-state index in [0.29, 0.717) is 5.56 Å². The number of carbonyl (C=O) groups is 1. The first-order valence-electron chi connectivity index (χ1n) is 9.52. The number of aromatic nitrogens is 3. The average Bonchev–Trinajstić information content (AvgIpc) is 2.77. The maximum atomic E-state index is 12.0. The van der Waals surface area contributed by atoms with E-state index in [1.807, 2.05) is 37.3 Å². The van der Waals surface area contributed by atoms with E-state index in [1.54, 1.807) is 24.3 Å². The minimum Gasteiger partial charge on any atom is -0.456 e. The number of anilines is 3. The maximum absolute atomic E-state index is 12.0. The molecular formula is C21H22N6O4S. The number of sulfonamides is 1. The van der Waals surface area contributed by atoms with Crippen molar-refractivity contribution in [2.75, 3.05) is 17.6 Å². The Balaban J connectivity index is 1.54. The fourth-order valence-corrected chi connectivity index (χ4v) is 3.28. The summed E-state index contributed by atoms with van der Waals surface area (Å²) in [6.45, 7) is 1.08. The van der Waals surface area contributed by atoms with Gasteiger partial charge < -0.3 is 15.8 Å². The number of esters is 1. The zero-order valence-electron chi connectivity index (χ0n) is 17.2. The molecule has 0 bridgehead atoms. The molecule has 0 amide bonds. The molecule has 166 valence electrons. The van der Waals surface area contributed by atoms with Gasteiger partial charge in [-0.05, 0) is 30.2 Å². The summed E-state index contributed by atoms with van der Waals surface area (Å²) >= 11 is 0. The number of nitrogens with zero attached hydrogens (tertiary/aromatic N) is 3. The van der Waals surface area contributed by atoms with E-state index < -0.39 is 22.5 Å². The number of aryl methyl sites for hydroxylation is 1. The molecule has 0 saturated carbocycles. The van der Waals surface area contributed by atoms with E-state index in [0.717, 1.165) is 16.7 Å². The molecule has 0 unspecified atom stereocenters. The number of nitrogens with one attached hydrogen (secondary N) is 2. The van der Waals surface area contributed by atoms with Crippen molar-refractivity contribution >= 4 is 39.7 Å². The fraction of sp³-hybridized carbons (Fsp3) is 0.143. The Labute approximate surface area is 185 Å². The van der Waals surface area contributed by atoms with Crippen molar-refractivity contribution in [1.29, 1.82) is 0 Å². The molecule has 0 atom stereocenters. The molecule has 0 aliphatic heterocycles. The molecule has 0 radical (unpaired) electrons. The molecule has 1 heterocycles. The molecule has 0 aliphatic rings. The van der Waals surface area contributed by atoms with Gasteiger partial charge in [0.05, 0.1) is 0 Å². The molecule has 3 aromatic rings. The lowest BCUT2D eigenvalue weighted by atomic mass is 10.2. The highest BCUT2D eigenvalue weighted by Crippen LogP contribution is 2.17. The highest BCUT2D eigenvalue weighted by atomic mass is 32.2. The Morgan fingerprint density at radius 3 is 2.53 bits per heavy atom. The van der Waals surface area contributed by atoms with Gasteiger partial charge in [-0.1, -0.05) is 48.5 Å². The molecule has 1 aromatic heterocycles. The summed E-state index contributed by atoms with van der Waals surface area (Å²) in [5.41, 5.74) is 8.19. The van der Waals surface area contributed by atoms with Gasteiger partial charge in [0.25, 0.3) is 0 Å². The van der Waals surface area contributed by atoms with Crippen LogP contribution in [-0.4, -0.2) is 35.9 Å². The quantitative estimate of drug-likeness (QED) is 0.413. The number of para-hydroxylation sites is 1. The second kappa shape index (κ2) is 10.5. The third-order valence-corrected chi connectivity index (χ3v) is 5.15. The monoisotopic (exact) mass is 454 g/mol. The van der Waals surface area contributed by atoms with Crippen molar-refractivity contribution in [3.8, 4) is 0 Å². The van der Waals surface area contributed by atoms with E-state index in [9.17, 15) is 13.2 Å². The summed E-state index contributed by atoms with van der Waals surface area (Å²) in [7, 11) is -3.81. The third-order valence-electron chi connectivity index (χ3n) is 4.11. The normalized spacial score (nSPS) is 11.4. The lowest BCUT2D eigenvalue weighted by Crippen LogP contribution is -2.29. The molecule has 32 heavy (non-hydrogen) atoms. The highest BCUT2D eigenvalue weighted by Gasteiger charge is 2.12. The topological polar surface area (TPSA) is 149 Å². The molecule has 2 aromatic carbocycles. The smallest absolute Gasteiger partial charge is 0.321 e. The molecule has 0 fully saturated rings. The minimum absolute atomic E-state index is 0.0473. The summed E-state index contributed by atoms with van der Waals surface area (Å²) in [5, 5.41) is 4.01. The lowest BCUT2D eigenvalue weighted by Gasteiger charge is -2.10. The maximum Gasteiger partial charge on any atom is 0.321 e. The van der Waals surface area contributed by atoms with Gasteiger partial charge >= 0.3 is 5.97 Å². The van der Waals surface area contributed by atoms with Crippen LogP contribution in [-0.2, 0) is 26.2 Å². The predicted molar refractivity (Wildman–Crippen MR) is 121 cm³/mol.